The molecule has 4 nitrogen and oxygen atoms in total. The average molecular weight is 273 g/mol. The van der Waals surface area contributed by atoms with Gasteiger partial charge in [0, 0.05) is 6.07 Å². The van der Waals surface area contributed by atoms with Crippen molar-refractivity contribution in [1.29, 1.82) is 0 Å². The number of hydrogen-bond donors (Lipinski definition) is 1. The minimum Gasteiger partial charge on any atom is -0.492 e. The lowest BCUT2D eigenvalue weighted by Gasteiger charge is -2.19. The van der Waals surface area contributed by atoms with E-state index in [0.717, 1.165) is 12.1 Å². The molecule has 0 aliphatic heterocycles. The van der Waals surface area contributed by atoms with E-state index in [9.17, 15) is 13.6 Å². The molecule has 0 heterocycles. The average Bonchev–Trinajstić information content (AvgIpc) is 2.27. The smallest absolute Gasteiger partial charge is 0.407 e. The second kappa shape index (κ2) is 6.36. The number of ether oxygens (including phenoxy) is 2. The maximum atomic E-state index is 12.9. The Balaban J connectivity index is 2.27. The quantitative estimate of drug-likeness (QED) is 0.858. The molecular formula is C13H17F2NO3. The second-order valence-electron chi connectivity index (χ2n) is 4.85. The van der Waals surface area contributed by atoms with Crippen molar-refractivity contribution < 1.29 is 23.0 Å². The molecule has 0 bridgehead atoms. The summed E-state index contributed by atoms with van der Waals surface area (Å²) >= 11 is 0. The Hall–Kier alpha value is -1.85. The van der Waals surface area contributed by atoms with Gasteiger partial charge in [-0.3, -0.25) is 0 Å². The normalized spacial score (nSPS) is 11.0. The first kappa shape index (κ1) is 15.2. The molecule has 0 aromatic heterocycles. The third-order valence-electron chi connectivity index (χ3n) is 1.93. The highest BCUT2D eigenvalue weighted by Crippen LogP contribution is 2.15. The van der Waals surface area contributed by atoms with E-state index in [1.54, 1.807) is 20.8 Å². The Kier molecular flexibility index (Phi) is 5.09. The molecule has 1 rings (SSSR count). The van der Waals surface area contributed by atoms with Crippen LogP contribution in [0.5, 0.6) is 5.75 Å². The Labute approximate surface area is 110 Å². The second-order valence-corrected chi connectivity index (χ2v) is 4.85. The van der Waals surface area contributed by atoms with Crippen molar-refractivity contribution in [2.45, 2.75) is 26.4 Å². The standard InChI is InChI=1S/C13H17F2NO3/c1-13(2,3)19-12(17)16-6-7-18-9-4-5-10(14)11(15)8-9/h4-5,8H,6-7H2,1-3H3,(H,16,17). The molecule has 106 valence electrons. The lowest BCUT2D eigenvalue weighted by atomic mass is 10.2. The minimum absolute atomic E-state index is 0.129. The van der Waals surface area contributed by atoms with Gasteiger partial charge in [0.05, 0.1) is 6.54 Å². The summed E-state index contributed by atoms with van der Waals surface area (Å²) in [5, 5.41) is 2.48. The van der Waals surface area contributed by atoms with Crippen molar-refractivity contribution in [2.24, 2.45) is 0 Å². The minimum atomic E-state index is -0.974. The molecule has 0 atom stereocenters. The Morgan fingerprint density at radius 3 is 2.53 bits per heavy atom. The molecule has 6 heteroatoms. The van der Waals surface area contributed by atoms with Crippen LogP contribution in [-0.2, 0) is 4.74 Å². The molecule has 0 spiro atoms. The molecule has 1 amide bonds. The number of hydrogen-bond acceptors (Lipinski definition) is 3. The van der Waals surface area contributed by atoms with Crippen molar-refractivity contribution in [3.05, 3.63) is 29.8 Å². The lowest BCUT2D eigenvalue weighted by Crippen LogP contribution is -2.34. The van der Waals surface area contributed by atoms with Crippen LogP contribution >= 0.6 is 0 Å². The van der Waals surface area contributed by atoms with E-state index < -0.39 is 23.3 Å². The number of rotatable bonds is 4. The highest BCUT2D eigenvalue weighted by molar-refractivity contribution is 5.67. The van der Waals surface area contributed by atoms with Gasteiger partial charge in [-0.15, -0.1) is 0 Å². The lowest BCUT2D eigenvalue weighted by molar-refractivity contribution is 0.0520. The SMILES string of the molecule is CC(C)(C)OC(=O)NCCOc1ccc(F)c(F)c1. The first-order chi connectivity index (χ1) is 8.78. The molecule has 0 saturated carbocycles. The number of halogens is 2. The topological polar surface area (TPSA) is 47.6 Å². The maximum Gasteiger partial charge on any atom is 0.407 e. The fourth-order valence-corrected chi connectivity index (χ4v) is 1.20. The molecule has 0 saturated heterocycles. The summed E-state index contributed by atoms with van der Waals surface area (Å²) in [6.07, 6.45) is -0.554. The molecule has 19 heavy (non-hydrogen) atoms. The predicted octanol–water partition coefficient (Wildman–Crippen LogP) is 2.87. The van der Waals surface area contributed by atoms with Crippen LogP contribution in [0.15, 0.2) is 18.2 Å². The van der Waals surface area contributed by atoms with Gasteiger partial charge in [0.2, 0.25) is 0 Å². The zero-order valence-electron chi connectivity index (χ0n) is 11.1. The highest BCUT2D eigenvalue weighted by atomic mass is 19.2. The van der Waals surface area contributed by atoms with Crippen molar-refractivity contribution >= 4 is 6.09 Å². The summed E-state index contributed by atoms with van der Waals surface area (Å²) in [4.78, 5) is 11.3. The number of amides is 1. The number of carbonyl (C=O) groups excluding carboxylic acids is 1. The van der Waals surface area contributed by atoms with Crippen LogP contribution in [0.4, 0.5) is 13.6 Å². The van der Waals surface area contributed by atoms with E-state index in [1.165, 1.54) is 6.07 Å². The summed E-state index contributed by atoms with van der Waals surface area (Å²) in [6.45, 7) is 5.59. The number of nitrogens with one attached hydrogen (secondary N) is 1. The van der Waals surface area contributed by atoms with E-state index in [1.807, 2.05) is 0 Å². The van der Waals surface area contributed by atoms with Crippen LogP contribution in [0.1, 0.15) is 20.8 Å². The van der Waals surface area contributed by atoms with Crippen LogP contribution in [0.25, 0.3) is 0 Å². The summed E-state index contributed by atoms with van der Waals surface area (Å²) in [6, 6.07) is 3.24. The van der Waals surface area contributed by atoms with Gasteiger partial charge in [-0.25, -0.2) is 13.6 Å². The molecule has 0 unspecified atom stereocenters. The third kappa shape index (κ3) is 6.03. The zero-order valence-corrected chi connectivity index (χ0v) is 11.1. The fraction of sp³-hybridized carbons (Fsp3) is 0.462. The number of carbonyl (C=O) groups is 1. The first-order valence-corrected chi connectivity index (χ1v) is 5.82. The first-order valence-electron chi connectivity index (χ1n) is 5.82. The zero-order chi connectivity index (χ0) is 14.5. The molecule has 0 aliphatic rings. The Morgan fingerprint density at radius 1 is 1.26 bits per heavy atom. The van der Waals surface area contributed by atoms with E-state index in [2.05, 4.69) is 5.32 Å². The molecule has 1 N–H and O–H groups in total. The Bertz CT molecular complexity index is 444. The van der Waals surface area contributed by atoms with Gasteiger partial charge < -0.3 is 14.8 Å². The van der Waals surface area contributed by atoms with Crippen LogP contribution in [0.3, 0.4) is 0 Å². The van der Waals surface area contributed by atoms with Crippen molar-refractivity contribution in [2.75, 3.05) is 13.2 Å². The summed E-state index contributed by atoms with van der Waals surface area (Å²) in [5.41, 5.74) is -0.564. The molecule has 0 aliphatic carbocycles. The van der Waals surface area contributed by atoms with Gasteiger partial charge in [-0.2, -0.15) is 0 Å². The predicted molar refractivity (Wildman–Crippen MR) is 66.1 cm³/mol. The molecule has 1 aromatic carbocycles. The van der Waals surface area contributed by atoms with Gasteiger partial charge in [0.15, 0.2) is 11.6 Å². The van der Waals surface area contributed by atoms with Gasteiger partial charge in [0.1, 0.15) is 18.0 Å². The molecule has 1 aromatic rings. The van der Waals surface area contributed by atoms with Gasteiger partial charge in [-0.1, -0.05) is 0 Å². The van der Waals surface area contributed by atoms with E-state index in [-0.39, 0.29) is 18.9 Å². The van der Waals surface area contributed by atoms with Crippen molar-refractivity contribution in [1.82, 2.24) is 5.32 Å². The van der Waals surface area contributed by atoms with Gasteiger partial charge >= 0.3 is 6.09 Å². The van der Waals surface area contributed by atoms with Crippen molar-refractivity contribution in [3.8, 4) is 5.75 Å². The number of alkyl carbamates (subject to hydrolysis) is 1. The molecule has 0 fully saturated rings. The van der Waals surface area contributed by atoms with E-state index in [4.69, 9.17) is 9.47 Å². The molecule has 0 radical (unpaired) electrons. The van der Waals surface area contributed by atoms with Gasteiger partial charge in [-0.05, 0) is 32.9 Å². The fourth-order valence-electron chi connectivity index (χ4n) is 1.20. The van der Waals surface area contributed by atoms with Crippen LogP contribution in [0, 0.1) is 11.6 Å². The largest absolute Gasteiger partial charge is 0.492 e. The van der Waals surface area contributed by atoms with Crippen molar-refractivity contribution in [3.63, 3.8) is 0 Å². The van der Waals surface area contributed by atoms with E-state index in [0.29, 0.717) is 0 Å². The highest BCUT2D eigenvalue weighted by Gasteiger charge is 2.15. The summed E-state index contributed by atoms with van der Waals surface area (Å²) in [7, 11) is 0. The third-order valence-corrected chi connectivity index (χ3v) is 1.93. The Morgan fingerprint density at radius 2 is 1.95 bits per heavy atom. The van der Waals surface area contributed by atoms with Crippen LogP contribution in [-0.4, -0.2) is 24.8 Å². The summed E-state index contributed by atoms with van der Waals surface area (Å²) < 4.78 is 35.7. The van der Waals surface area contributed by atoms with Crippen LogP contribution in [0.2, 0.25) is 0 Å². The van der Waals surface area contributed by atoms with Gasteiger partial charge in [0.25, 0.3) is 0 Å². The summed E-state index contributed by atoms with van der Waals surface area (Å²) in [5.74, 6) is -1.71. The van der Waals surface area contributed by atoms with Crippen LogP contribution < -0.4 is 10.1 Å². The monoisotopic (exact) mass is 273 g/mol. The number of benzene rings is 1. The molecular weight excluding hydrogens is 256 g/mol. The maximum absolute atomic E-state index is 12.9. The van der Waals surface area contributed by atoms with E-state index >= 15 is 0 Å².